The summed E-state index contributed by atoms with van der Waals surface area (Å²) >= 11 is 1.77. The molecule has 10 heteroatoms. The average molecular weight is 521 g/mol. The van der Waals surface area contributed by atoms with Crippen LogP contribution in [0.4, 0.5) is 15.9 Å². The fourth-order valence-corrected chi connectivity index (χ4v) is 4.54. The number of carboxylic acids is 1. The third kappa shape index (κ3) is 6.28. The van der Waals surface area contributed by atoms with Gasteiger partial charge in [-0.2, -0.15) is 0 Å². The Morgan fingerprint density at radius 1 is 1.14 bits per heavy atom. The van der Waals surface area contributed by atoms with Crippen molar-refractivity contribution >= 4 is 29.2 Å². The van der Waals surface area contributed by atoms with Crippen LogP contribution in [0.1, 0.15) is 24.2 Å². The molecule has 2 aromatic heterocycles. The van der Waals surface area contributed by atoms with E-state index in [1.807, 2.05) is 30.3 Å². The summed E-state index contributed by atoms with van der Waals surface area (Å²) in [4.78, 5) is 28.0. The number of thioether (sulfide) groups is 1. The zero-order valence-corrected chi connectivity index (χ0v) is 21.0. The number of fused-ring (bicyclic) bond motifs is 1. The molecule has 0 amide bonds. The van der Waals surface area contributed by atoms with E-state index in [0.29, 0.717) is 5.69 Å². The standard InChI is InChI=1S/C15H17N3OS.C12H8FNO3/c1-15(2)9-20-13-12(7-8-17-14(13)18-15)19-11-5-3-10(16)4-6-11;13-8-3-5-9(6-4-8)14-7-1-2-10(11(14)15)12(16)17/h3-8H,9,16H2,1-2H3,(H,17,18);1-7H,(H,16,17). The third-order valence-electron chi connectivity index (χ3n) is 5.29. The summed E-state index contributed by atoms with van der Waals surface area (Å²) in [5.41, 5.74) is 5.90. The molecule has 1 aliphatic heterocycles. The zero-order chi connectivity index (χ0) is 26.6. The molecule has 0 bridgehead atoms. The van der Waals surface area contributed by atoms with Crippen LogP contribution in [0.5, 0.6) is 11.5 Å². The number of aromatic nitrogens is 2. The van der Waals surface area contributed by atoms with Crippen molar-refractivity contribution in [2.45, 2.75) is 24.3 Å². The third-order valence-corrected chi connectivity index (χ3v) is 6.84. The molecule has 5 rings (SSSR count). The lowest BCUT2D eigenvalue weighted by atomic mass is 10.1. The van der Waals surface area contributed by atoms with Gasteiger partial charge in [-0.05, 0) is 74.5 Å². The number of nitrogens with one attached hydrogen (secondary N) is 1. The second-order valence-corrected chi connectivity index (χ2v) is 9.82. The monoisotopic (exact) mass is 520 g/mol. The van der Waals surface area contributed by atoms with Crippen molar-refractivity contribution in [3.8, 4) is 17.2 Å². The van der Waals surface area contributed by atoms with Crippen LogP contribution in [0, 0.1) is 5.82 Å². The summed E-state index contributed by atoms with van der Waals surface area (Å²) in [6.45, 7) is 4.33. The molecule has 8 nitrogen and oxygen atoms in total. The van der Waals surface area contributed by atoms with Gasteiger partial charge in [-0.3, -0.25) is 9.36 Å². The Morgan fingerprint density at radius 2 is 1.84 bits per heavy atom. The van der Waals surface area contributed by atoms with Gasteiger partial charge in [0.25, 0.3) is 5.56 Å². The van der Waals surface area contributed by atoms with E-state index in [1.54, 1.807) is 18.0 Å². The van der Waals surface area contributed by atoms with Crippen molar-refractivity contribution in [3.05, 3.63) is 101 Å². The van der Waals surface area contributed by atoms with Crippen LogP contribution in [0.2, 0.25) is 0 Å². The minimum Gasteiger partial charge on any atom is -0.477 e. The first kappa shape index (κ1) is 25.8. The van der Waals surface area contributed by atoms with Crippen LogP contribution in [-0.2, 0) is 0 Å². The number of nitrogens with zero attached hydrogens (tertiary/aromatic N) is 2. The number of rotatable bonds is 4. The molecule has 4 N–H and O–H groups in total. The quantitative estimate of drug-likeness (QED) is 0.305. The van der Waals surface area contributed by atoms with Crippen LogP contribution in [0.25, 0.3) is 5.69 Å². The highest BCUT2D eigenvalue weighted by molar-refractivity contribution is 7.99. The van der Waals surface area contributed by atoms with E-state index in [2.05, 4.69) is 24.1 Å². The Labute approximate surface area is 216 Å². The molecule has 0 atom stereocenters. The smallest absolute Gasteiger partial charge is 0.341 e. The van der Waals surface area contributed by atoms with E-state index in [1.165, 1.54) is 42.6 Å². The highest BCUT2D eigenvalue weighted by Crippen LogP contribution is 2.42. The molecule has 1 aliphatic rings. The normalized spacial score (nSPS) is 13.4. The number of benzene rings is 2. The van der Waals surface area contributed by atoms with Gasteiger partial charge < -0.3 is 20.9 Å². The maximum absolute atomic E-state index is 12.7. The number of carbonyl (C=O) groups is 1. The number of halogens is 1. The number of hydrogen-bond acceptors (Lipinski definition) is 7. The van der Waals surface area contributed by atoms with Crippen LogP contribution in [0.3, 0.4) is 0 Å². The van der Waals surface area contributed by atoms with Gasteiger partial charge >= 0.3 is 5.97 Å². The Bertz CT molecular complexity index is 1470. The number of anilines is 2. The predicted molar refractivity (Wildman–Crippen MR) is 143 cm³/mol. The molecule has 0 fully saturated rings. The molecule has 190 valence electrons. The number of pyridine rings is 2. The first-order chi connectivity index (χ1) is 17.6. The number of aromatic carboxylic acids is 1. The van der Waals surface area contributed by atoms with Crippen molar-refractivity contribution in [3.63, 3.8) is 0 Å². The van der Waals surface area contributed by atoms with E-state index in [4.69, 9.17) is 15.6 Å². The minimum atomic E-state index is -1.29. The number of nitrogens with two attached hydrogens (primary N) is 1. The van der Waals surface area contributed by atoms with E-state index in [0.717, 1.165) is 38.2 Å². The van der Waals surface area contributed by atoms with Crippen LogP contribution in [-0.4, -0.2) is 31.9 Å². The van der Waals surface area contributed by atoms with E-state index in [-0.39, 0.29) is 11.1 Å². The molecule has 0 unspecified atom stereocenters. The summed E-state index contributed by atoms with van der Waals surface area (Å²) in [5.74, 6) is 1.76. The van der Waals surface area contributed by atoms with Gasteiger partial charge in [0.05, 0.1) is 4.90 Å². The SMILES string of the molecule is CC1(C)CSc2c(Oc3ccc(N)cc3)ccnc2N1.O=C(O)c1cccn(-c2ccc(F)cc2)c1=O. The highest BCUT2D eigenvalue weighted by atomic mass is 32.2. The first-order valence-electron chi connectivity index (χ1n) is 11.3. The lowest BCUT2D eigenvalue weighted by molar-refractivity contribution is 0.0694. The highest BCUT2D eigenvalue weighted by Gasteiger charge is 2.28. The van der Waals surface area contributed by atoms with Gasteiger partial charge in [0.1, 0.15) is 28.7 Å². The number of carboxylic acid groups (broad SMARTS) is 1. The van der Waals surface area contributed by atoms with Crippen molar-refractivity contribution < 1.29 is 19.0 Å². The molecule has 2 aromatic carbocycles. The van der Waals surface area contributed by atoms with E-state index >= 15 is 0 Å². The molecule has 0 aliphatic carbocycles. The zero-order valence-electron chi connectivity index (χ0n) is 20.1. The molecule has 0 spiro atoms. The molecule has 4 aromatic rings. The maximum Gasteiger partial charge on any atom is 0.341 e. The van der Waals surface area contributed by atoms with Gasteiger partial charge in [0.2, 0.25) is 0 Å². The van der Waals surface area contributed by atoms with Crippen molar-refractivity contribution in [1.82, 2.24) is 9.55 Å². The van der Waals surface area contributed by atoms with Gasteiger partial charge in [-0.1, -0.05) is 0 Å². The Balaban J connectivity index is 0.000000176. The molecular weight excluding hydrogens is 495 g/mol. The van der Waals surface area contributed by atoms with E-state index < -0.39 is 17.3 Å². The Hall–Kier alpha value is -4.31. The second kappa shape index (κ2) is 10.8. The first-order valence-corrected chi connectivity index (χ1v) is 12.3. The Morgan fingerprint density at radius 3 is 2.51 bits per heavy atom. The molecule has 37 heavy (non-hydrogen) atoms. The van der Waals surface area contributed by atoms with Gasteiger partial charge in [0, 0.05) is 41.1 Å². The van der Waals surface area contributed by atoms with Crippen LogP contribution in [0.15, 0.2) is 88.8 Å². The topological polar surface area (TPSA) is 119 Å². The lowest BCUT2D eigenvalue weighted by Gasteiger charge is -2.32. The molecular formula is C27H25FN4O4S. The van der Waals surface area contributed by atoms with E-state index in [9.17, 15) is 14.0 Å². The molecule has 0 radical (unpaired) electrons. The van der Waals surface area contributed by atoms with Crippen LogP contribution < -0.4 is 21.3 Å². The van der Waals surface area contributed by atoms with Crippen molar-refractivity contribution in [1.29, 1.82) is 0 Å². The molecule has 0 saturated heterocycles. The number of ether oxygens (including phenoxy) is 1. The Kier molecular flexibility index (Phi) is 7.49. The fraction of sp³-hybridized carbons (Fsp3) is 0.148. The van der Waals surface area contributed by atoms with Gasteiger partial charge in [-0.15, -0.1) is 11.8 Å². The largest absolute Gasteiger partial charge is 0.477 e. The van der Waals surface area contributed by atoms with Crippen molar-refractivity contribution in [2.75, 3.05) is 16.8 Å². The summed E-state index contributed by atoms with van der Waals surface area (Å²) in [7, 11) is 0. The van der Waals surface area contributed by atoms with Gasteiger partial charge in [-0.25, -0.2) is 14.2 Å². The number of nitrogen functional groups attached to an aromatic ring is 1. The molecule has 0 saturated carbocycles. The maximum atomic E-state index is 12.7. The molecule has 3 heterocycles. The van der Waals surface area contributed by atoms with Crippen LogP contribution >= 0.6 is 11.8 Å². The summed E-state index contributed by atoms with van der Waals surface area (Å²) in [5, 5.41) is 12.2. The minimum absolute atomic E-state index is 0.0461. The lowest BCUT2D eigenvalue weighted by Crippen LogP contribution is -2.36. The number of hydrogen-bond donors (Lipinski definition) is 3. The fourth-order valence-electron chi connectivity index (χ4n) is 3.47. The summed E-state index contributed by atoms with van der Waals surface area (Å²) < 4.78 is 19.8. The summed E-state index contributed by atoms with van der Waals surface area (Å²) in [6.07, 6.45) is 3.20. The van der Waals surface area contributed by atoms with Gasteiger partial charge in [0.15, 0.2) is 0 Å². The predicted octanol–water partition coefficient (Wildman–Crippen LogP) is 5.43. The summed E-state index contributed by atoms with van der Waals surface area (Å²) in [6, 6.07) is 17.2. The second-order valence-electron chi connectivity index (χ2n) is 8.83. The average Bonchev–Trinajstić information content (AvgIpc) is 2.86. The van der Waals surface area contributed by atoms with Crippen molar-refractivity contribution in [2.24, 2.45) is 0 Å².